The number of hydrogen-bond acceptors (Lipinski definition) is 5. The summed E-state index contributed by atoms with van der Waals surface area (Å²) in [6.45, 7) is 4.70. The second-order valence-corrected chi connectivity index (χ2v) is 7.09. The number of hydrogen-bond donors (Lipinski definition) is 1. The lowest BCUT2D eigenvalue weighted by atomic mass is 10.1. The second kappa shape index (κ2) is 8.95. The molecule has 2 amide bonds. The predicted octanol–water partition coefficient (Wildman–Crippen LogP) is 1.44. The fraction of sp³-hybridized carbons (Fsp3) is 0.500. The van der Waals surface area contributed by atoms with E-state index in [-0.39, 0.29) is 24.3 Å². The molecule has 0 bridgehead atoms. The molecule has 3 heterocycles. The van der Waals surface area contributed by atoms with E-state index in [0.29, 0.717) is 32.7 Å². The van der Waals surface area contributed by atoms with Crippen molar-refractivity contribution in [2.45, 2.75) is 38.9 Å². The monoisotopic (exact) mass is 376 g/mol. The van der Waals surface area contributed by atoms with Gasteiger partial charge >= 0.3 is 0 Å². The minimum Gasteiger partial charge on any atom is -0.377 e. The number of carbonyl (C=O) groups is 2. The molecule has 0 saturated carbocycles. The van der Waals surface area contributed by atoms with Gasteiger partial charge in [-0.2, -0.15) is 16.4 Å². The number of aryl methyl sites for hydroxylation is 1. The SMILES string of the molecule is CCn1cc(CNC(=O)CC2COCCN2C(=O)Cc2ccsc2)cn1. The summed E-state index contributed by atoms with van der Waals surface area (Å²) in [6, 6.07) is 1.74. The number of rotatable bonds is 7. The summed E-state index contributed by atoms with van der Waals surface area (Å²) in [5, 5.41) is 11.0. The molecule has 2 aromatic rings. The molecule has 0 aliphatic carbocycles. The van der Waals surface area contributed by atoms with Crippen LogP contribution in [0.3, 0.4) is 0 Å². The van der Waals surface area contributed by atoms with Crippen molar-refractivity contribution in [1.29, 1.82) is 0 Å². The number of thiophene rings is 1. The molecule has 1 N–H and O–H groups in total. The molecule has 1 saturated heterocycles. The standard InChI is InChI=1S/C18H24N4O3S/c1-2-21-11-15(10-20-21)9-19-17(23)8-16-12-25-5-4-22(16)18(24)7-14-3-6-26-13-14/h3,6,10-11,13,16H,2,4-5,7-9,12H2,1H3,(H,19,23). The Morgan fingerprint density at radius 3 is 3.04 bits per heavy atom. The molecule has 7 nitrogen and oxygen atoms in total. The minimum atomic E-state index is -0.215. The van der Waals surface area contributed by atoms with Crippen LogP contribution in [0.25, 0.3) is 0 Å². The van der Waals surface area contributed by atoms with Gasteiger partial charge in [-0.25, -0.2) is 0 Å². The zero-order valence-corrected chi connectivity index (χ0v) is 15.7. The van der Waals surface area contributed by atoms with E-state index >= 15 is 0 Å². The molecule has 0 spiro atoms. The summed E-state index contributed by atoms with van der Waals surface area (Å²) in [6.07, 6.45) is 4.29. The Morgan fingerprint density at radius 1 is 1.42 bits per heavy atom. The van der Waals surface area contributed by atoms with Gasteiger partial charge in [0.2, 0.25) is 11.8 Å². The van der Waals surface area contributed by atoms with Gasteiger partial charge in [-0.1, -0.05) is 0 Å². The number of carbonyl (C=O) groups excluding carboxylic acids is 2. The van der Waals surface area contributed by atoms with E-state index in [9.17, 15) is 9.59 Å². The molecule has 1 aliphatic heterocycles. The van der Waals surface area contributed by atoms with E-state index in [4.69, 9.17) is 4.74 Å². The van der Waals surface area contributed by atoms with E-state index in [1.54, 1.807) is 22.4 Å². The highest BCUT2D eigenvalue weighted by Crippen LogP contribution is 2.15. The lowest BCUT2D eigenvalue weighted by molar-refractivity contribution is -0.141. The highest BCUT2D eigenvalue weighted by atomic mass is 32.1. The number of amides is 2. The summed E-state index contributed by atoms with van der Waals surface area (Å²) in [7, 11) is 0. The van der Waals surface area contributed by atoms with Crippen LogP contribution < -0.4 is 5.32 Å². The molecule has 1 unspecified atom stereocenters. The molecule has 0 aromatic carbocycles. The van der Waals surface area contributed by atoms with E-state index in [2.05, 4.69) is 10.4 Å². The number of ether oxygens (including phenoxy) is 1. The molecule has 1 fully saturated rings. The average Bonchev–Trinajstić information content (AvgIpc) is 3.32. The Morgan fingerprint density at radius 2 is 2.31 bits per heavy atom. The normalized spacial score (nSPS) is 17.3. The summed E-state index contributed by atoms with van der Waals surface area (Å²) in [5.74, 6) is -0.0354. The zero-order chi connectivity index (χ0) is 18.4. The third-order valence-corrected chi connectivity index (χ3v) is 5.14. The zero-order valence-electron chi connectivity index (χ0n) is 14.9. The first-order valence-corrected chi connectivity index (χ1v) is 9.76. The van der Waals surface area contributed by atoms with E-state index < -0.39 is 0 Å². The molecule has 2 aromatic heterocycles. The summed E-state index contributed by atoms with van der Waals surface area (Å²) < 4.78 is 7.31. The number of aromatic nitrogens is 2. The van der Waals surface area contributed by atoms with Crippen LogP contribution in [-0.2, 0) is 33.8 Å². The van der Waals surface area contributed by atoms with Crippen LogP contribution >= 0.6 is 11.3 Å². The molecule has 26 heavy (non-hydrogen) atoms. The first-order chi connectivity index (χ1) is 12.7. The maximum absolute atomic E-state index is 12.6. The average molecular weight is 376 g/mol. The van der Waals surface area contributed by atoms with Crippen molar-refractivity contribution in [3.8, 4) is 0 Å². The lowest BCUT2D eigenvalue weighted by Gasteiger charge is -2.35. The Bertz CT molecular complexity index is 729. The van der Waals surface area contributed by atoms with E-state index in [0.717, 1.165) is 17.7 Å². The molecular formula is C18H24N4O3S. The van der Waals surface area contributed by atoms with Gasteiger partial charge in [0.25, 0.3) is 0 Å². The quantitative estimate of drug-likeness (QED) is 0.793. The van der Waals surface area contributed by atoms with Gasteiger partial charge < -0.3 is 15.0 Å². The number of nitrogens with one attached hydrogen (secondary N) is 1. The maximum Gasteiger partial charge on any atom is 0.227 e. The van der Waals surface area contributed by atoms with Crippen molar-refractivity contribution in [2.75, 3.05) is 19.8 Å². The second-order valence-electron chi connectivity index (χ2n) is 6.31. The number of nitrogens with zero attached hydrogens (tertiary/aromatic N) is 3. The Hall–Kier alpha value is -2.19. The van der Waals surface area contributed by atoms with Gasteiger partial charge in [-0.3, -0.25) is 14.3 Å². The summed E-state index contributed by atoms with van der Waals surface area (Å²) in [4.78, 5) is 26.7. The maximum atomic E-state index is 12.6. The largest absolute Gasteiger partial charge is 0.377 e. The summed E-state index contributed by atoms with van der Waals surface area (Å²) >= 11 is 1.58. The Kier molecular flexibility index (Phi) is 6.40. The minimum absolute atomic E-state index is 0.0497. The lowest BCUT2D eigenvalue weighted by Crippen LogP contribution is -2.51. The van der Waals surface area contributed by atoms with Crippen molar-refractivity contribution in [1.82, 2.24) is 20.0 Å². The van der Waals surface area contributed by atoms with Gasteiger partial charge in [-0.15, -0.1) is 0 Å². The number of morpholine rings is 1. The van der Waals surface area contributed by atoms with Crippen molar-refractivity contribution >= 4 is 23.2 Å². The van der Waals surface area contributed by atoms with Crippen LogP contribution in [0.2, 0.25) is 0 Å². The smallest absolute Gasteiger partial charge is 0.227 e. The topological polar surface area (TPSA) is 76.5 Å². The highest BCUT2D eigenvalue weighted by Gasteiger charge is 2.29. The fourth-order valence-electron chi connectivity index (χ4n) is 2.98. The first kappa shape index (κ1) is 18.6. The van der Waals surface area contributed by atoms with Crippen molar-refractivity contribution in [3.05, 3.63) is 40.3 Å². The first-order valence-electron chi connectivity index (χ1n) is 8.82. The van der Waals surface area contributed by atoms with Crippen LogP contribution in [0.1, 0.15) is 24.5 Å². The van der Waals surface area contributed by atoms with Gasteiger partial charge in [0, 0.05) is 37.8 Å². The van der Waals surface area contributed by atoms with Crippen molar-refractivity contribution in [2.24, 2.45) is 0 Å². The molecule has 3 rings (SSSR count). The van der Waals surface area contributed by atoms with Crippen LogP contribution in [0, 0.1) is 0 Å². The van der Waals surface area contributed by atoms with Gasteiger partial charge in [0.1, 0.15) is 0 Å². The third kappa shape index (κ3) is 4.92. The molecular weight excluding hydrogens is 352 g/mol. The van der Waals surface area contributed by atoms with Crippen molar-refractivity contribution < 1.29 is 14.3 Å². The van der Waals surface area contributed by atoms with Gasteiger partial charge in [0.15, 0.2) is 0 Å². The van der Waals surface area contributed by atoms with E-state index in [1.165, 1.54) is 0 Å². The molecule has 140 valence electrons. The van der Waals surface area contributed by atoms with Crippen LogP contribution in [-0.4, -0.2) is 52.3 Å². The van der Waals surface area contributed by atoms with Crippen LogP contribution in [0.5, 0.6) is 0 Å². The predicted molar refractivity (Wildman–Crippen MR) is 98.7 cm³/mol. The molecule has 1 atom stereocenters. The molecule has 0 radical (unpaired) electrons. The van der Waals surface area contributed by atoms with Crippen molar-refractivity contribution in [3.63, 3.8) is 0 Å². The summed E-state index contributed by atoms with van der Waals surface area (Å²) in [5.41, 5.74) is 1.98. The third-order valence-electron chi connectivity index (χ3n) is 4.40. The van der Waals surface area contributed by atoms with Crippen LogP contribution in [0.15, 0.2) is 29.2 Å². The highest BCUT2D eigenvalue weighted by molar-refractivity contribution is 7.08. The van der Waals surface area contributed by atoms with E-state index in [1.807, 2.05) is 34.6 Å². The van der Waals surface area contributed by atoms with Gasteiger partial charge in [0.05, 0.1) is 31.9 Å². The Labute approximate surface area is 156 Å². The fourth-order valence-corrected chi connectivity index (χ4v) is 3.65. The van der Waals surface area contributed by atoms with Gasteiger partial charge in [-0.05, 0) is 29.3 Å². The Balaban J connectivity index is 1.52. The molecule has 1 aliphatic rings. The van der Waals surface area contributed by atoms with Crippen LogP contribution in [0.4, 0.5) is 0 Å². The molecule has 8 heteroatoms.